The average Bonchev–Trinajstić information content (AvgIpc) is 2.92. The van der Waals surface area contributed by atoms with Crippen LogP contribution >= 0.6 is 23.4 Å². The van der Waals surface area contributed by atoms with Crippen LogP contribution < -0.4 is 23.7 Å². The lowest BCUT2D eigenvalue weighted by Crippen LogP contribution is -2.49. The monoisotopic (exact) mass is 536 g/mol. The summed E-state index contributed by atoms with van der Waals surface area (Å²) in [5.41, 5.74) is 1.17. The molecule has 0 aliphatic rings. The molecule has 0 saturated carbocycles. The van der Waals surface area contributed by atoms with Crippen LogP contribution in [0.15, 0.2) is 102 Å². The Bertz CT molecular complexity index is 1160. The molecule has 0 spiro atoms. The average molecular weight is 537 g/mol. The maximum absolute atomic E-state index is 6.59. The smallest absolute Gasteiger partial charge is 0.290 e. The van der Waals surface area contributed by atoms with Crippen molar-refractivity contribution in [2.45, 2.75) is 30.0 Å². The van der Waals surface area contributed by atoms with E-state index in [0.717, 1.165) is 16.4 Å². The van der Waals surface area contributed by atoms with Crippen LogP contribution in [0.3, 0.4) is 0 Å². The molecule has 0 saturated heterocycles. The molecule has 0 heterocycles. The van der Waals surface area contributed by atoms with Gasteiger partial charge in [0.2, 0.25) is 4.93 Å². The number of hydrogen-bond donors (Lipinski definition) is 0. The van der Waals surface area contributed by atoms with Crippen LogP contribution in [-0.2, 0) is 0 Å². The fourth-order valence-electron chi connectivity index (χ4n) is 3.49. The largest absolute Gasteiger partial charge is 0.497 e. The summed E-state index contributed by atoms with van der Waals surface area (Å²) in [7, 11) is 3.25. The number of rotatable bonds is 11. The Morgan fingerprint density at radius 2 is 1.05 bits per heavy atom. The van der Waals surface area contributed by atoms with Crippen molar-refractivity contribution in [1.82, 2.24) is 0 Å². The molecule has 1 atom stereocenters. The van der Waals surface area contributed by atoms with Crippen molar-refractivity contribution in [3.05, 3.63) is 108 Å². The highest BCUT2D eigenvalue weighted by Crippen LogP contribution is 2.40. The van der Waals surface area contributed by atoms with Gasteiger partial charge in [0.15, 0.2) is 0 Å². The second-order valence-electron chi connectivity index (χ2n) is 8.41. The van der Waals surface area contributed by atoms with Gasteiger partial charge in [0, 0.05) is 9.92 Å². The van der Waals surface area contributed by atoms with E-state index in [9.17, 15) is 0 Å². The van der Waals surface area contributed by atoms with Crippen LogP contribution in [0, 0.1) is 6.92 Å². The first kappa shape index (κ1) is 26.6. The molecule has 4 rings (SSSR count). The number of hydrogen-bond acceptors (Lipinski definition) is 6. The standard InChI is InChI=1S/C30H29ClO5S/c1-21-5-19-28(20-6-21)37-30(2,36-27-9-7-22(31)8-10-27)29(34-25-15-11-23(32-3)12-16-25)35-26-17-13-24(33-4)14-18-26/h5-20,29H,1-4H3. The van der Waals surface area contributed by atoms with Gasteiger partial charge in [-0.15, -0.1) is 0 Å². The third-order valence-electron chi connectivity index (χ3n) is 5.51. The second-order valence-corrected chi connectivity index (χ2v) is 10.3. The zero-order chi connectivity index (χ0) is 26.3. The minimum atomic E-state index is -1.02. The van der Waals surface area contributed by atoms with E-state index in [0.29, 0.717) is 22.3 Å². The van der Waals surface area contributed by atoms with E-state index in [-0.39, 0.29) is 0 Å². The van der Waals surface area contributed by atoms with Crippen molar-refractivity contribution < 1.29 is 23.7 Å². The van der Waals surface area contributed by atoms with E-state index >= 15 is 0 Å². The van der Waals surface area contributed by atoms with E-state index < -0.39 is 11.2 Å². The zero-order valence-corrected chi connectivity index (χ0v) is 22.7. The van der Waals surface area contributed by atoms with E-state index in [4.69, 9.17) is 35.3 Å². The Hall–Kier alpha value is -3.48. The van der Waals surface area contributed by atoms with Crippen molar-refractivity contribution in [1.29, 1.82) is 0 Å². The summed E-state index contributed by atoms with van der Waals surface area (Å²) in [5.74, 6) is 3.31. The molecule has 7 heteroatoms. The van der Waals surface area contributed by atoms with Gasteiger partial charge in [-0.3, -0.25) is 0 Å². The Morgan fingerprint density at radius 3 is 1.51 bits per heavy atom. The first-order chi connectivity index (χ1) is 17.9. The van der Waals surface area contributed by atoms with Gasteiger partial charge in [-0.1, -0.05) is 41.1 Å². The molecule has 0 aliphatic carbocycles. The Kier molecular flexibility index (Phi) is 8.74. The maximum atomic E-state index is 6.59. The topological polar surface area (TPSA) is 46.2 Å². The predicted octanol–water partition coefficient (Wildman–Crippen LogP) is 8.04. The molecular weight excluding hydrogens is 508 g/mol. The van der Waals surface area contributed by atoms with Crippen molar-refractivity contribution >= 4 is 23.4 Å². The van der Waals surface area contributed by atoms with Crippen LogP contribution in [0.1, 0.15) is 12.5 Å². The Balaban J connectivity index is 1.72. The maximum Gasteiger partial charge on any atom is 0.290 e. The molecule has 37 heavy (non-hydrogen) atoms. The third kappa shape index (κ3) is 7.28. The van der Waals surface area contributed by atoms with Gasteiger partial charge in [0.05, 0.1) is 14.2 Å². The van der Waals surface area contributed by atoms with E-state index in [1.165, 1.54) is 17.3 Å². The lowest BCUT2D eigenvalue weighted by atomic mass is 10.2. The summed E-state index contributed by atoms with van der Waals surface area (Å²) in [6, 6.07) is 30.2. The molecule has 0 bridgehead atoms. The molecular formula is C30H29ClO5S. The lowest BCUT2D eigenvalue weighted by Gasteiger charge is -2.37. The Morgan fingerprint density at radius 1 is 0.622 bits per heavy atom. The normalized spacial score (nSPS) is 12.5. The number of thioether (sulfide) groups is 1. The highest BCUT2D eigenvalue weighted by Gasteiger charge is 2.42. The number of aryl methyl sites for hydroxylation is 1. The van der Waals surface area contributed by atoms with Crippen LogP contribution in [0.25, 0.3) is 0 Å². The van der Waals surface area contributed by atoms with Gasteiger partial charge in [0.25, 0.3) is 6.29 Å². The van der Waals surface area contributed by atoms with Crippen LogP contribution in [0.4, 0.5) is 0 Å². The SMILES string of the molecule is COc1ccc(OC(Oc2ccc(OC)cc2)C(C)(Oc2ccc(Cl)cc2)Sc2ccc(C)cc2)cc1. The van der Waals surface area contributed by atoms with E-state index in [1.54, 1.807) is 26.4 Å². The summed E-state index contributed by atoms with van der Waals surface area (Å²) in [6.07, 6.45) is -0.865. The summed E-state index contributed by atoms with van der Waals surface area (Å²) in [6.45, 7) is 4.00. The van der Waals surface area contributed by atoms with Crippen molar-refractivity contribution in [2.75, 3.05) is 14.2 Å². The molecule has 5 nitrogen and oxygen atoms in total. The molecule has 1 unspecified atom stereocenters. The van der Waals surface area contributed by atoms with E-state index in [1.807, 2.05) is 67.6 Å². The van der Waals surface area contributed by atoms with Crippen molar-refractivity contribution in [3.63, 3.8) is 0 Å². The molecule has 4 aromatic carbocycles. The quantitative estimate of drug-likeness (QED) is 0.143. The van der Waals surface area contributed by atoms with Crippen LogP contribution in [-0.4, -0.2) is 25.4 Å². The van der Waals surface area contributed by atoms with Gasteiger partial charge >= 0.3 is 0 Å². The summed E-state index contributed by atoms with van der Waals surface area (Å²) in [4.78, 5) is -0.0214. The highest BCUT2D eigenvalue weighted by atomic mass is 35.5. The van der Waals surface area contributed by atoms with Gasteiger partial charge in [0.1, 0.15) is 28.7 Å². The first-order valence-electron chi connectivity index (χ1n) is 11.7. The molecule has 0 aliphatic heterocycles. The fourth-order valence-corrected chi connectivity index (χ4v) is 4.68. The predicted molar refractivity (Wildman–Crippen MR) is 149 cm³/mol. The zero-order valence-electron chi connectivity index (χ0n) is 21.1. The van der Waals surface area contributed by atoms with Crippen molar-refractivity contribution in [2.24, 2.45) is 0 Å². The summed E-state index contributed by atoms with van der Waals surface area (Å²) >= 11 is 7.63. The van der Waals surface area contributed by atoms with Gasteiger partial charge in [-0.2, -0.15) is 0 Å². The highest BCUT2D eigenvalue weighted by molar-refractivity contribution is 8.00. The fraction of sp³-hybridized carbons (Fsp3) is 0.200. The molecule has 192 valence electrons. The van der Waals surface area contributed by atoms with Crippen LogP contribution in [0.2, 0.25) is 5.02 Å². The molecule has 0 N–H and O–H groups in total. The van der Waals surface area contributed by atoms with Gasteiger partial charge < -0.3 is 23.7 Å². The number of halogens is 1. The van der Waals surface area contributed by atoms with E-state index in [2.05, 4.69) is 31.2 Å². The number of methoxy groups -OCH3 is 2. The number of benzene rings is 4. The lowest BCUT2D eigenvalue weighted by molar-refractivity contribution is -0.0846. The van der Waals surface area contributed by atoms with Crippen molar-refractivity contribution in [3.8, 4) is 28.7 Å². The molecule has 0 aromatic heterocycles. The minimum Gasteiger partial charge on any atom is -0.497 e. The Labute approximate surface area is 227 Å². The van der Waals surface area contributed by atoms with Crippen LogP contribution in [0.5, 0.6) is 28.7 Å². The van der Waals surface area contributed by atoms with Gasteiger partial charge in [-0.05, 0) is 98.8 Å². The first-order valence-corrected chi connectivity index (χ1v) is 12.9. The summed E-state index contributed by atoms with van der Waals surface area (Å²) < 4.78 is 30.1. The molecule has 0 fully saturated rings. The summed E-state index contributed by atoms with van der Waals surface area (Å²) in [5, 5.41) is 0.626. The minimum absolute atomic E-state index is 0.606. The molecule has 0 amide bonds. The molecule has 0 radical (unpaired) electrons. The molecule has 4 aromatic rings. The van der Waals surface area contributed by atoms with Gasteiger partial charge in [-0.25, -0.2) is 0 Å². The third-order valence-corrected chi connectivity index (χ3v) is 6.95. The number of ether oxygens (including phenoxy) is 5. The second kappa shape index (κ2) is 12.2.